The summed E-state index contributed by atoms with van der Waals surface area (Å²) >= 11 is 1.57. The second kappa shape index (κ2) is 7.80. The van der Waals surface area contributed by atoms with Gasteiger partial charge in [-0.3, -0.25) is 4.79 Å². The molecule has 1 aromatic carbocycles. The number of nitrogens with one attached hydrogen (secondary N) is 1. The van der Waals surface area contributed by atoms with Crippen molar-refractivity contribution in [3.05, 3.63) is 58.1 Å². The first-order valence-electron chi connectivity index (χ1n) is 8.60. The van der Waals surface area contributed by atoms with Crippen molar-refractivity contribution in [3.8, 4) is 11.5 Å². The van der Waals surface area contributed by atoms with Crippen molar-refractivity contribution in [3.63, 3.8) is 0 Å². The molecule has 1 aliphatic heterocycles. The fourth-order valence-electron chi connectivity index (χ4n) is 3.02. The van der Waals surface area contributed by atoms with Crippen LogP contribution >= 0.6 is 11.3 Å². The molecule has 6 nitrogen and oxygen atoms in total. The number of thiophene rings is 1. The third-order valence-electron chi connectivity index (χ3n) is 4.38. The Balaban J connectivity index is 1.28. The quantitative estimate of drug-likeness (QED) is 0.722. The van der Waals surface area contributed by atoms with Crippen LogP contribution in [0.3, 0.4) is 0 Å². The third-order valence-corrected chi connectivity index (χ3v) is 5.06. The van der Waals surface area contributed by atoms with Crippen LogP contribution in [-0.2, 0) is 22.4 Å². The Labute approximate surface area is 155 Å². The molecule has 3 aromatic rings. The number of amides is 1. The molecule has 0 bridgehead atoms. The van der Waals surface area contributed by atoms with Crippen LogP contribution < -0.4 is 5.32 Å². The van der Waals surface area contributed by atoms with E-state index < -0.39 is 0 Å². The zero-order chi connectivity index (χ0) is 17.8. The number of fused-ring (bicyclic) bond motifs is 1. The molecule has 1 aliphatic rings. The van der Waals surface area contributed by atoms with Crippen molar-refractivity contribution in [1.29, 1.82) is 0 Å². The van der Waals surface area contributed by atoms with Crippen LogP contribution in [0.15, 0.2) is 45.5 Å². The van der Waals surface area contributed by atoms with Gasteiger partial charge in [-0.15, -0.1) is 10.2 Å². The van der Waals surface area contributed by atoms with E-state index in [1.165, 1.54) is 5.56 Å². The molecule has 4 rings (SSSR count). The third kappa shape index (κ3) is 3.84. The fraction of sp³-hybridized carbons (Fsp3) is 0.316. The monoisotopic (exact) mass is 369 g/mol. The van der Waals surface area contributed by atoms with Crippen LogP contribution in [-0.4, -0.2) is 29.3 Å². The number of nitrogens with zero attached hydrogens (tertiary/aromatic N) is 2. The summed E-state index contributed by atoms with van der Waals surface area (Å²) in [6, 6.07) is 10.2. The van der Waals surface area contributed by atoms with E-state index in [1.807, 2.05) is 29.0 Å². The van der Waals surface area contributed by atoms with E-state index >= 15 is 0 Å². The average Bonchev–Trinajstić information content (AvgIpc) is 3.36. The van der Waals surface area contributed by atoms with E-state index in [2.05, 4.69) is 27.6 Å². The molecule has 1 N–H and O–H groups in total. The van der Waals surface area contributed by atoms with Crippen molar-refractivity contribution in [2.45, 2.75) is 25.4 Å². The highest BCUT2D eigenvalue weighted by molar-refractivity contribution is 7.08. The molecule has 0 spiro atoms. The number of carbonyl (C=O) groups excluding carboxylic acids is 1. The fourth-order valence-corrected chi connectivity index (χ4v) is 3.65. The van der Waals surface area contributed by atoms with Crippen LogP contribution in [0.25, 0.3) is 11.5 Å². The molecule has 0 radical (unpaired) electrons. The van der Waals surface area contributed by atoms with E-state index in [1.54, 1.807) is 11.3 Å². The van der Waals surface area contributed by atoms with Gasteiger partial charge in [0.25, 0.3) is 0 Å². The van der Waals surface area contributed by atoms with Gasteiger partial charge in [0.2, 0.25) is 17.7 Å². The number of benzene rings is 1. The highest BCUT2D eigenvalue weighted by Crippen LogP contribution is 2.26. The molecule has 0 saturated heterocycles. The molecular weight excluding hydrogens is 350 g/mol. The molecule has 1 atom stereocenters. The summed E-state index contributed by atoms with van der Waals surface area (Å²) in [5.41, 5.74) is 3.37. The summed E-state index contributed by atoms with van der Waals surface area (Å²) in [6.45, 7) is 1.16. The minimum absolute atomic E-state index is 0.0491. The first kappa shape index (κ1) is 16.9. The summed E-state index contributed by atoms with van der Waals surface area (Å²) in [6.07, 6.45) is 1.56. The van der Waals surface area contributed by atoms with E-state index in [0.717, 1.165) is 17.5 Å². The lowest BCUT2D eigenvalue weighted by atomic mass is 9.97. The maximum Gasteiger partial charge on any atom is 0.248 e. The average molecular weight is 369 g/mol. The van der Waals surface area contributed by atoms with Gasteiger partial charge in [0.05, 0.1) is 6.61 Å². The van der Waals surface area contributed by atoms with Crippen molar-refractivity contribution in [2.24, 2.45) is 0 Å². The molecule has 26 heavy (non-hydrogen) atoms. The van der Waals surface area contributed by atoms with Crippen molar-refractivity contribution in [1.82, 2.24) is 15.5 Å². The lowest BCUT2D eigenvalue weighted by Gasteiger charge is -2.26. The van der Waals surface area contributed by atoms with Gasteiger partial charge >= 0.3 is 0 Å². The van der Waals surface area contributed by atoms with Gasteiger partial charge < -0.3 is 14.5 Å². The molecule has 134 valence electrons. The van der Waals surface area contributed by atoms with E-state index in [-0.39, 0.29) is 12.0 Å². The molecule has 0 aliphatic carbocycles. The number of ether oxygens (including phenoxy) is 1. The largest absolute Gasteiger partial charge is 0.421 e. The first-order chi connectivity index (χ1) is 12.8. The number of hydrogen-bond acceptors (Lipinski definition) is 6. The van der Waals surface area contributed by atoms with Gasteiger partial charge in [0, 0.05) is 30.3 Å². The first-order valence-corrected chi connectivity index (χ1v) is 9.55. The molecular formula is C19H19N3O3S. The maximum absolute atomic E-state index is 12.2. The number of aryl methyl sites for hydroxylation is 1. The molecule has 0 saturated carbocycles. The standard InChI is InChI=1S/C19H19N3O3S/c23-17(5-6-18-21-22-19(25-18)14-8-10-26-12-14)20-11-16-15-4-2-1-3-13(15)7-9-24-16/h1-4,8,10,12,16H,5-7,9,11H2,(H,20,23)/t16-/m0/s1. The van der Waals surface area contributed by atoms with Crippen LogP contribution in [0.4, 0.5) is 0 Å². The van der Waals surface area contributed by atoms with Gasteiger partial charge in [0.1, 0.15) is 6.10 Å². The van der Waals surface area contributed by atoms with Crippen molar-refractivity contribution < 1.29 is 13.9 Å². The summed E-state index contributed by atoms with van der Waals surface area (Å²) in [4.78, 5) is 12.2. The highest BCUT2D eigenvalue weighted by Gasteiger charge is 2.21. The van der Waals surface area contributed by atoms with Gasteiger partial charge in [-0.05, 0) is 29.0 Å². The molecule has 0 fully saturated rings. The zero-order valence-electron chi connectivity index (χ0n) is 14.2. The minimum atomic E-state index is -0.0856. The SMILES string of the molecule is O=C(CCc1nnc(-c2ccsc2)o1)NC[C@@H]1OCCc2ccccc21. The number of carbonyl (C=O) groups is 1. The van der Waals surface area contributed by atoms with Crippen LogP contribution in [0.2, 0.25) is 0 Å². The molecule has 2 aromatic heterocycles. The predicted molar refractivity (Wildman–Crippen MR) is 97.8 cm³/mol. The Bertz CT molecular complexity index is 876. The van der Waals surface area contributed by atoms with Gasteiger partial charge in [0.15, 0.2) is 0 Å². The maximum atomic E-state index is 12.2. The lowest BCUT2D eigenvalue weighted by molar-refractivity contribution is -0.121. The van der Waals surface area contributed by atoms with Crippen LogP contribution in [0.1, 0.15) is 29.5 Å². The number of rotatable bonds is 6. The topological polar surface area (TPSA) is 77.2 Å². The van der Waals surface area contributed by atoms with Crippen molar-refractivity contribution >= 4 is 17.2 Å². The second-order valence-corrected chi connectivity index (χ2v) is 6.91. The van der Waals surface area contributed by atoms with E-state index in [4.69, 9.17) is 9.15 Å². The van der Waals surface area contributed by atoms with E-state index in [0.29, 0.717) is 37.8 Å². The van der Waals surface area contributed by atoms with Gasteiger partial charge in [-0.25, -0.2) is 0 Å². The smallest absolute Gasteiger partial charge is 0.248 e. The number of aromatic nitrogens is 2. The highest BCUT2D eigenvalue weighted by atomic mass is 32.1. The lowest BCUT2D eigenvalue weighted by Crippen LogP contribution is -2.32. The Kier molecular flexibility index (Phi) is 5.08. The molecule has 1 amide bonds. The van der Waals surface area contributed by atoms with Crippen LogP contribution in [0, 0.1) is 0 Å². The zero-order valence-corrected chi connectivity index (χ0v) is 15.0. The van der Waals surface area contributed by atoms with Crippen molar-refractivity contribution in [2.75, 3.05) is 13.2 Å². The Morgan fingerprint density at radius 1 is 1.27 bits per heavy atom. The molecule has 7 heteroatoms. The van der Waals surface area contributed by atoms with Crippen LogP contribution in [0.5, 0.6) is 0 Å². The van der Waals surface area contributed by atoms with Gasteiger partial charge in [-0.2, -0.15) is 11.3 Å². The van der Waals surface area contributed by atoms with Gasteiger partial charge in [-0.1, -0.05) is 24.3 Å². The molecule has 0 unspecified atom stereocenters. The number of hydrogen-bond donors (Lipinski definition) is 1. The summed E-state index contributed by atoms with van der Waals surface area (Å²) in [5, 5.41) is 14.9. The Morgan fingerprint density at radius 3 is 3.08 bits per heavy atom. The minimum Gasteiger partial charge on any atom is -0.421 e. The summed E-state index contributed by atoms with van der Waals surface area (Å²) in [5.74, 6) is 0.918. The predicted octanol–water partition coefficient (Wildman–Crippen LogP) is 3.16. The second-order valence-electron chi connectivity index (χ2n) is 6.13. The summed E-state index contributed by atoms with van der Waals surface area (Å²) in [7, 11) is 0. The Hall–Kier alpha value is -2.51. The normalized spacial score (nSPS) is 16.2. The molecule has 3 heterocycles. The van der Waals surface area contributed by atoms with E-state index in [9.17, 15) is 4.79 Å². The summed E-state index contributed by atoms with van der Waals surface area (Å²) < 4.78 is 11.4. The Morgan fingerprint density at radius 2 is 2.19 bits per heavy atom.